The van der Waals surface area contributed by atoms with Crippen LogP contribution >= 0.6 is 0 Å². The maximum Gasteiger partial charge on any atom is 0.279 e. The molecule has 0 unspecified atom stereocenters. The van der Waals surface area contributed by atoms with E-state index in [1.54, 1.807) is 13.0 Å². The summed E-state index contributed by atoms with van der Waals surface area (Å²) < 4.78 is 17.7. The van der Waals surface area contributed by atoms with Crippen LogP contribution in [0, 0.1) is 12.7 Å². The summed E-state index contributed by atoms with van der Waals surface area (Å²) in [5, 5.41) is 6.80. The molecule has 28 heavy (non-hydrogen) atoms. The summed E-state index contributed by atoms with van der Waals surface area (Å²) in [6, 6.07) is 3.51. The monoisotopic (exact) mass is 384 g/mol. The summed E-state index contributed by atoms with van der Waals surface area (Å²) in [6.45, 7) is 5.16. The van der Waals surface area contributed by atoms with Gasteiger partial charge >= 0.3 is 0 Å². The van der Waals surface area contributed by atoms with Crippen LogP contribution < -0.4 is 10.2 Å². The highest BCUT2D eigenvalue weighted by Gasteiger charge is 2.25. The molecule has 0 saturated heterocycles. The Bertz CT molecular complexity index is 1100. The van der Waals surface area contributed by atoms with E-state index >= 15 is 0 Å². The highest BCUT2D eigenvalue weighted by Crippen LogP contribution is 2.33. The molecule has 0 atom stereocenters. The predicted molar refractivity (Wildman–Crippen MR) is 104 cm³/mol. The van der Waals surface area contributed by atoms with E-state index in [9.17, 15) is 14.0 Å². The summed E-state index contributed by atoms with van der Waals surface area (Å²) in [7, 11) is 1.96. The van der Waals surface area contributed by atoms with Crippen molar-refractivity contribution in [3.8, 4) is 0 Å². The molecule has 9 heteroatoms. The molecule has 1 aliphatic rings. The number of benzene rings is 1. The molecule has 0 aliphatic carbocycles. The molecule has 1 N–H and O–H groups in total. The third kappa shape index (κ3) is 2.74. The Balaban J connectivity index is 1.82. The molecular weight excluding hydrogens is 363 g/mol. The lowest BCUT2D eigenvalue weighted by Crippen LogP contribution is -2.21. The van der Waals surface area contributed by atoms with Gasteiger partial charge in [-0.15, -0.1) is 0 Å². The lowest BCUT2D eigenvalue weighted by atomic mass is 10.1. The number of aldehydes is 1. The van der Waals surface area contributed by atoms with Crippen LogP contribution in [0.15, 0.2) is 12.1 Å². The highest BCUT2D eigenvalue weighted by atomic mass is 19.1. The molecule has 2 aromatic heterocycles. The Labute approximate surface area is 160 Å². The normalized spacial score (nSPS) is 13.6. The highest BCUT2D eigenvalue weighted by molar-refractivity contribution is 6.04. The van der Waals surface area contributed by atoms with Gasteiger partial charge in [0, 0.05) is 32.2 Å². The van der Waals surface area contributed by atoms with Crippen molar-refractivity contribution >= 4 is 34.9 Å². The molecule has 4 rings (SSSR count). The maximum atomic E-state index is 14.4. The Kier molecular flexibility index (Phi) is 4.37. The van der Waals surface area contributed by atoms with Gasteiger partial charge in [-0.1, -0.05) is 0 Å². The summed E-state index contributed by atoms with van der Waals surface area (Å²) in [5.41, 5.74) is 2.93. The number of hydrogen-bond donors (Lipinski definition) is 1. The van der Waals surface area contributed by atoms with Crippen molar-refractivity contribution in [2.24, 2.45) is 0 Å². The van der Waals surface area contributed by atoms with Gasteiger partial charge in [0.2, 0.25) is 5.95 Å². The van der Waals surface area contributed by atoms with Gasteiger partial charge in [0.1, 0.15) is 6.29 Å². The fraction of sp³-hybridized carbons (Fsp3) is 0.368. The molecule has 0 spiro atoms. The minimum absolute atomic E-state index is 0.112. The first-order valence-electron chi connectivity index (χ1n) is 9.19. The number of hydrogen-bond acceptors (Lipinski definition) is 5. The zero-order chi connectivity index (χ0) is 20.0. The summed E-state index contributed by atoms with van der Waals surface area (Å²) >= 11 is 0. The molecule has 1 amide bonds. The summed E-state index contributed by atoms with van der Waals surface area (Å²) in [5.74, 6) is -0.892. The fourth-order valence-electron chi connectivity index (χ4n) is 3.69. The van der Waals surface area contributed by atoms with Gasteiger partial charge in [0.05, 0.1) is 22.4 Å². The van der Waals surface area contributed by atoms with Crippen LogP contribution in [0.1, 0.15) is 39.9 Å². The molecular formula is C19H21FN6O2. The van der Waals surface area contributed by atoms with E-state index in [1.807, 2.05) is 17.7 Å². The third-order valence-corrected chi connectivity index (χ3v) is 5.06. The number of carbonyl (C=O) groups excluding carboxylic acids is 2. The number of rotatable bonds is 4. The van der Waals surface area contributed by atoms with Gasteiger partial charge in [-0.25, -0.2) is 9.37 Å². The van der Waals surface area contributed by atoms with Crippen molar-refractivity contribution in [2.45, 2.75) is 33.4 Å². The molecule has 3 heterocycles. The third-order valence-electron chi connectivity index (χ3n) is 5.06. The average molecular weight is 384 g/mol. The van der Waals surface area contributed by atoms with Crippen molar-refractivity contribution in [1.29, 1.82) is 0 Å². The molecule has 0 saturated carbocycles. The van der Waals surface area contributed by atoms with E-state index in [4.69, 9.17) is 0 Å². The van der Waals surface area contributed by atoms with Crippen LogP contribution in [0.5, 0.6) is 0 Å². The van der Waals surface area contributed by atoms with Crippen LogP contribution in [-0.2, 0) is 13.1 Å². The second-order valence-electron chi connectivity index (χ2n) is 6.91. The van der Waals surface area contributed by atoms with Crippen molar-refractivity contribution < 1.29 is 14.0 Å². The minimum Gasteiger partial charge on any atom is -0.373 e. The van der Waals surface area contributed by atoms with E-state index in [-0.39, 0.29) is 11.4 Å². The molecule has 0 bridgehead atoms. The van der Waals surface area contributed by atoms with E-state index < -0.39 is 11.7 Å². The van der Waals surface area contributed by atoms with E-state index in [1.165, 1.54) is 11.6 Å². The number of nitrogens with zero attached hydrogens (tertiary/aromatic N) is 5. The lowest BCUT2D eigenvalue weighted by molar-refractivity contribution is 0.101. The molecule has 146 valence electrons. The molecule has 0 fully saturated rings. The SMILES string of the molecule is CCn1nc(C)c(F)c1C(=O)Nc1nc2cc(C=O)cc3c2n1CCCN3C. The lowest BCUT2D eigenvalue weighted by Gasteiger charge is -2.17. The number of aryl methyl sites for hydroxylation is 3. The van der Waals surface area contributed by atoms with Crippen molar-refractivity contribution in [1.82, 2.24) is 19.3 Å². The minimum atomic E-state index is -0.630. The molecule has 0 radical (unpaired) electrons. The smallest absolute Gasteiger partial charge is 0.279 e. The summed E-state index contributed by atoms with van der Waals surface area (Å²) in [4.78, 5) is 30.7. The van der Waals surface area contributed by atoms with Gasteiger partial charge in [0.15, 0.2) is 11.5 Å². The Morgan fingerprint density at radius 1 is 1.36 bits per heavy atom. The van der Waals surface area contributed by atoms with Gasteiger partial charge in [0.25, 0.3) is 5.91 Å². The van der Waals surface area contributed by atoms with Crippen LogP contribution in [0.4, 0.5) is 16.0 Å². The van der Waals surface area contributed by atoms with Gasteiger partial charge < -0.3 is 9.47 Å². The first-order valence-corrected chi connectivity index (χ1v) is 9.19. The molecule has 8 nitrogen and oxygen atoms in total. The summed E-state index contributed by atoms with van der Waals surface area (Å²) in [6.07, 6.45) is 1.63. The quantitative estimate of drug-likeness (QED) is 0.699. The number of anilines is 2. The maximum absolute atomic E-state index is 14.4. The Morgan fingerprint density at radius 3 is 2.86 bits per heavy atom. The number of carbonyl (C=O) groups is 2. The van der Waals surface area contributed by atoms with Crippen molar-refractivity contribution in [3.63, 3.8) is 0 Å². The van der Waals surface area contributed by atoms with Crippen molar-refractivity contribution in [2.75, 3.05) is 23.8 Å². The van der Waals surface area contributed by atoms with Crippen LogP contribution in [0.25, 0.3) is 11.0 Å². The number of nitrogens with one attached hydrogen (secondary N) is 1. The molecule has 1 aliphatic heterocycles. The fourth-order valence-corrected chi connectivity index (χ4v) is 3.69. The number of amides is 1. The number of aromatic nitrogens is 4. The number of halogens is 1. The Morgan fingerprint density at radius 2 is 2.14 bits per heavy atom. The van der Waals surface area contributed by atoms with E-state index in [0.29, 0.717) is 30.1 Å². The zero-order valence-electron chi connectivity index (χ0n) is 16.0. The average Bonchev–Trinajstić information content (AvgIpc) is 3.10. The first-order chi connectivity index (χ1) is 13.4. The van der Waals surface area contributed by atoms with Gasteiger partial charge in [-0.2, -0.15) is 5.10 Å². The second kappa shape index (κ2) is 6.74. The van der Waals surface area contributed by atoms with Crippen LogP contribution in [0.3, 0.4) is 0 Å². The predicted octanol–water partition coefficient (Wildman–Crippen LogP) is 2.60. The first kappa shape index (κ1) is 18.1. The van der Waals surface area contributed by atoms with Gasteiger partial charge in [-0.3, -0.25) is 19.6 Å². The second-order valence-corrected chi connectivity index (χ2v) is 6.91. The zero-order valence-corrected chi connectivity index (χ0v) is 16.0. The number of imidazole rings is 1. The largest absolute Gasteiger partial charge is 0.373 e. The van der Waals surface area contributed by atoms with Crippen molar-refractivity contribution in [3.05, 3.63) is 34.9 Å². The van der Waals surface area contributed by atoms with Gasteiger partial charge in [-0.05, 0) is 32.4 Å². The Hall–Kier alpha value is -3.23. The molecule has 3 aromatic rings. The van der Waals surface area contributed by atoms with Crippen LogP contribution in [-0.4, -0.2) is 45.1 Å². The molecule has 1 aromatic carbocycles. The standard InChI is InChI=1S/C19H21FN6O2/c1-4-26-17(15(20)11(2)23-26)18(28)22-19-21-13-8-12(10-27)9-14-16(13)25(19)7-5-6-24(14)3/h8-10H,4-7H2,1-3H3,(H,21,22,28). The van der Waals surface area contributed by atoms with Crippen LogP contribution in [0.2, 0.25) is 0 Å². The van der Waals surface area contributed by atoms with E-state index in [0.717, 1.165) is 30.5 Å². The topological polar surface area (TPSA) is 85.0 Å². The van der Waals surface area contributed by atoms with E-state index in [2.05, 4.69) is 20.3 Å².